The van der Waals surface area contributed by atoms with E-state index in [2.05, 4.69) is 5.32 Å². The van der Waals surface area contributed by atoms with Crippen LogP contribution in [0.2, 0.25) is 0 Å². The summed E-state index contributed by atoms with van der Waals surface area (Å²) < 4.78 is 5.22. The summed E-state index contributed by atoms with van der Waals surface area (Å²) in [6.45, 7) is 6.04. The van der Waals surface area contributed by atoms with E-state index in [9.17, 15) is 19.2 Å². The molecule has 0 atom stereocenters. The molecule has 1 aliphatic heterocycles. The van der Waals surface area contributed by atoms with Gasteiger partial charge in [0, 0.05) is 19.6 Å². The van der Waals surface area contributed by atoms with Gasteiger partial charge in [-0.25, -0.2) is 9.59 Å². The number of hydroxylamine groups is 2. The summed E-state index contributed by atoms with van der Waals surface area (Å²) in [6, 6.07) is 15.7. The third-order valence-corrected chi connectivity index (χ3v) is 4.65. The van der Waals surface area contributed by atoms with Crippen molar-refractivity contribution in [3.63, 3.8) is 0 Å². The van der Waals surface area contributed by atoms with Crippen molar-refractivity contribution in [2.45, 2.75) is 32.9 Å². The molecule has 3 rings (SSSR count). The van der Waals surface area contributed by atoms with Gasteiger partial charge < -0.3 is 14.9 Å². The SMILES string of the molecule is CC(C)(C)OC(=O)NCCN(CC(=O)ON1C(=O)c2ccccc2C1=O)Cc1ccccc1. The van der Waals surface area contributed by atoms with Crippen molar-refractivity contribution in [2.75, 3.05) is 19.6 Å². The normalized spacial score (nSPS) is 13.2. The fourth-order valence-corrected chi connectivity index (χ4v) is 3.25. The lowest BCUT2D eigenvalue weighted by Gasteiger charge is -2.23. The van der Waals surface area contributed by atoms with E-state index in [1.165, 1.54) is 12.1 Å². The Hall–Kier alpha value is -3.72. The van der Waals surface area contributed by atoms with Gasteiger partial charge >= 0.3 is 12.1 Å². The van der Waals surface area contributed by atoms with Crippen LogP contribution in [0.15, 0.2) is 54.6 Å². The predicted octanol–water partition coefficient (Wildman–Crippen LogP) is 2.77. The van der Waals surface area contributed by atoms with Gasteiger partial charge in [-0.05, 0) is 38.5 Å². The highest BCUT2D eigenvalue weighted by molar-refractivity contribution is 6.20. The highest BCUT2D eigenvalue weighted by Crippen LogP contribution is 2.22. The number of nitrogens with zero attached hydrogens (tertiary/aromatic N) is 2. The van der Waals surface area contributed by atoms with Crippen molar-refractivity contribution in [3.05, 3.63) is 71.3 Å². The minimum atomic E-state index is -0.766. The number of hydrogen-bond acceptors (Lipinski definition) is 7. The Kier molecular flexibility index (Phi) is 7.44. The van der Waals surface area contributed by atoms with Gasteiger partial charge in [-0.1, -0.05) is 47.5 Å². The first-order valence-corrected chi connectivity index (χ1v) is 10.6. The number of nitrogens with one attached hydrogen (secondary N) is 1. The smallest absolute Gasteiger partial charge is 0.407 e. The van der Waals surface area contributed by atoms with Crippen LogP contribution in [0, 0.1) is 0 Å². The predicted molar refractivity (Wildman–Crippen MR) is 119 cm³/mol. The summed E-state index contributed by atoms with van der Waals surface area (Å²) in [5.41, 5.74) is 0.712. The quantitative estimate of drug-likeness (QED) is 0.613. The molecule has 0 bridgehead atoms. The Labute approximate surface area is 192 Å². The molecule has 1 heterocycles. The Morgan fingerprint density at radius 1 is 0.939 bits per heavy atom. The zero-order valence-electron chi connectivity index (χ0n) is 18.9. The number of benzene rings is 2. The molecule has 0 aliphatic carbocycles. The number of fused-ring (bicyclic) bond motifs is 1. The van der Waals surface area contributed by atoms with Crippen molar-refractivity contribution >= 4 is 23.9 Å². The van der Waals surface area contributed by atoms with Gasteiger partial charge in [0.1, 0.15) is 5.60 Å². The summed E-state index contributed by atoms with van der Waals surface area (Å²) >= 11 is 0. The second-order valence-corrected chi connectivity index (χ2v) is 8.54. The van der Waals surface area contributed by atoms with E-state index >= 15 is 0 Å². The largest absolute Gasteiger partial charge is 0.444 e. The highest BCUT2D eigenvalue weighted by Gasteiger charge is 2.38. The van der Waals surface area contributed by atoms with E-state index in [0.717, 1.165) is 5.56 Å². The monoisotopic (exact) mass is 453 g/mol. The molecule has 9 heteroatoms. The van der Waals surface area contributed by atoms with Crippen molar-refractivity contribution in [3.8, 4) is 0 Å². The molecule has 2 aromatic carbocycles. The number of imide groups is 1. The van der Waals surface area contributed by atoms with E-state index in [-0.39, 0.29) is 24.2 Å². The molecule has 0 radical (unpaired) electrons. The Balaban J connectivity index is 1.60. The lowest BCUT2D eigenvalue weighted by atomic mass is 10.1. The number of alkyl carbamates (subject to hydrolysis) is 1. The number of ether oxygens (including phenoxy) is 1. The van der Waals surface area contributed by atoms with Crippen molar-refractivity contribution < 1.29 is 28.8 Å². The maximum Gasteiger partial charge on any atom is 0.407 e. The van der Waals surface area contributed by atoms with E-state index in [1.54, 1.807) is 37.8 Å². The summed E-state index contributed by atoms with van der Waals surface area (Å²) in [4.78, 5) is 56.2. The van der Waals surface area contributed by atoms with Crippen LogP contribution in [0.4, 0.5) is 4.79 Å². The van der Waals surface area contributed by atoms with Crippen LogP contribution >= 0.6 is 0 Å². The lowest BCUT2D eigenvalue weighted by Crippen LogP contribution is -2.41. The van der Waals surface area contributed by atoms with E-state index in [0.29, 0.717) is 18.2 Å². The molecule has 1 aliphatic rings. The number of amides is 3. The Bertz CT molecular complexity index is 997. The molecule has 174 valence electrons. The van der Waals surface area contributed by atoms with E-state index < -0.39 is 29.5 Å². The molecule has 0 aromatic heterocycles. The average Bonchev–Trinajstić information content (AvgIpc) is 2.98. The van der Waals surface area contributed by atoms with Gasteiger partial charge in [0.05, 0.1) is 17.7 Å². The first-order valence-electron chi connectivity index (χ1n) is 10.6. The van der Waals surface area contributed by atoms with Crippen molar-refractivity contribution in [2.24, 2.45) is 0 Å². The van der Waals surface area contributed by atoms with Gasteiger partial charge in [0.2, 0.25) is 0 Å². The topological polar surface area (TPSA) is 105 Å². The highest BCUT2D eigenvalue weighted by atomic mass is 16.7. The molecule has 0 saturated carbocycles. The number of rotatable bonds is 8. The number of hydrogen-bond donors (Lipinski definition) is 1. The lowest BCUT2D eigenvalue weighted by molar-refractivity contribution is -0.169. The maximum atomic E-state index is 12.6. The molecule has 0 saturated heterocycles. The number of carbonyl (C=O) groups is 4. The van der Waals surface area contributed by atoms with Crippen LogP contribution in [0.3, 0.4) is 0 Å². The summed E-state index contributed by atoms with van der Waals surface area (Å²) in [7, 11) is 0. The van der Waals surface area contributed by atoms with E-state index in [4.69, 9.17) is 9.57 Å². The fraction of sp³-hybridized carbons (Fsp3) is 0.333. The van der Waals surface area contributed by atoms with Crippen molar-refractivity contribution in [1.29, 1.82) is 0 Å². The molecular weight excluding hydrogens is 426 g/mol. The molecule has 33 heavy (non-hydrogen) atoms. The van der Waals surface area contributed by atoms with Crippen LogP contribution in [-0.2, 0) is 20.9 Å². The molecule has 0 fully saturated rings. The molecule has 9 nitrogen and oxygen atoms in total. The summed E-state index contributed by atoms with van der Waals surface area (Å²) in [6.07, 6.45) is -0.559. The minimum Gasteiger partial charge on any atom is -0.444 e. The van der Waals surface area contributed by atoms with Crippen LogP contribution < -0.4 is 5.32 Å². The first kappa shape index (κ1) is 23.9. The minimum absolute atomic E-state index is 0.193. The first-order chi connectivity index (χ1) is 15.6. The van der Waals surface area contributed by atoms with Gasteiger partial charge in [0.15, 0.2) is 0 Å². The second kappa shape index (κ2) is 10.3. The fourth-order valence-electron chi connectivity index (χ4n) is 3.25. The Morgan fingerprint density at radius 2 is 1.52 bits per heavy atom. The average molecular weight is 453 g/mol. The second-order valence-electron chi connectivity index (χ2n) is 8.54. The van der Waals surface area contributed by atoms with Crippen molar-refractivity contribution in [1.82, 2.24) is 15.3 Å². The van der Waals surface area contributed by atoms with Crippen LogP contribution in [0.5, 0.6) is 0 Å². The summed E-state index contributed by atoms with van der Waals surface area (Å²) in [5.74, 6) is -2.12. The van der Waals surface area contributed by atoms with Crippen LogP contribution in [-0.4, -0.2) is 59.1 Å². The molecule has 0 unspecified atom stereocenters. The standard InChI is InChI=1S/C24H27N3O6/c1-24(2,3)32-23(31)25-13-14-26(15-17-9-5-4-6-10-17)16-20(28)33-27-21(29)18-11-7-8-12-19(18)22(27)30/h4-12H,13-16H2,1-3H3,(H,25,31). The molecular formula is C24H27N3O6. The third-order valence-electron chi connectivity index (χ3n) is 4.65. The van der Waals surface area contributed by atoms with Gasteiger partial charge in [-0.2, -0.15) is 0 Å². The van der Waals surface area contributed by atoms with Gasteiger partial charge in [0.25, 0.3) is 11.8 Å². The summed E-state index contributed by atoms with van der Waals surface area (Å²) in [5, 5.41) is 3.15. The maximum absolute atomic E-state index is 12.6. The van der Waals surface area contributed by atoms with E-state index in [1.807, 2.05) is 30.3 Å². The van der Waals surface area contributed by atoms with Gasteiger partial charge in [-0.3, -0.25) is 14.5 Å². The molecule has 3 amide bonds. The van der Waals surface area contributed by atoms with Crippen LogP contribution in [0.25, 0.3) is 0 Å². The zero-order valence-corrected chi connectivity index (χ0v) is 18.9. The third kappa shape index (κ3) is 6.63. The Morgan fingerprint density at radius 3 is 2.09 bits per heavy atom. The number of carbonyl (C=O) groups excluding carboxylic acids is 4. The molecule has 0 spiro atoms. The molecule has 1 N–H and O–H groups in total. The molecule has 2 aromatic rings. The zero-order chi connectivity index (χ0) is 24.0. The van der Waals surface area contributed by atoms with Crippen LogP contribution in [0.1, 0.15) is 47.1 Å². The van der Waals surface area contributed by atoms with Gasteiger partial charge in [-0.15, -0.1) is 0 Å².